The third-order valence-corrected chi connectivity index (χ3v) is 2.50. The van der Waals surface area contributed by atoms with Crippen LogP contribution < -0.4 is 0 Å². The molecule has 98 valence electrons. The van der Waals surface area contributed by atoms with Gasteiger partial charge in [-0.25, -0.2) is 9.18 Å². The quantitative estimate of drug-likeness (QED) is 0.565. The maximum absolute atomic E-state index is 12.8. The predicted molar refractivity (Wildman–Crippen MR) is 70.3 cm³/mol. The molecule has 0 aromatic heterocycles. The van der Waals surface area contributed by atoms with E-state index >= 15 is 0 Å². The molecule has 0 aliphatic carbocycles. The maximum atomic E-state index is 12.8. The van der Waals surface area contributed by atoms with Crippen molar-refractivity contribution in [3.05, 3.63) is 47.5 Å². The number of rotatable bonds is 6. The Morgan fingerprint density at radius 1 is 1.33 bits per heavy atom. The molecule has 0 heterocycles. The summed E-state index contributed by atoms with van der Waals surface area (Å²) in [7, 11) is 0. The highest BCUT2D eigenvalue weighted by molar-refractivity contribution is 5.89. The van der Waals surface area contributed by atoms with Crippen LogP contribution in [0.15, 0.2) is 42.0 Å². The first-order chi connectivity index (χ1) is 8.63. The largest absolute Gasteiger partial charge is 0.456 e. The molecule has 0 radical (unpaired) electrons. The zero-order chi connectivity index (χ0) is 13.4. The van der Waals surface area contributed by atoms with Gasteiger partial charge in [0.25, 0.3) is 0 Å². The van der Waals surface area contributed by atoms with E-state index < -0.39 is 18.7 Å². The van der Waals surface area contributed by atoms with Crippen LogP contribution in [0.1, 0.15) is 37.0 Å². The van der Waals surface area contributed by atoms with Gasteiger partial charge in [0.05, 0.1) is 5.56 Å². The van der Waals surface area contributed by atoms with Gasteiger partial charge in [0.15, 0.2) is 0 Å². The number of carbonyl (C=O) groups is 1. The van der Waals surface area contributed by atoms with E-state index in [-0.39, 0.29) is 0 Å². The molecule has 0 spiro atoms. The molecule has 0 unspecified atom stereocenters. The summed E-state index contributed by atoms with van der Waals surface area (Å²) in [4.78, 5) is 11.7. The van der Waals surface area contributed by atoms with Crippen LogP contribution in [-0.2, 0) is 4.74 Å². The predicted octanol–water partition coefficient (Wildman–Crippen LogP) is 3.93. The monoisotopic (exact) mass is 250 g/mol. The maximum Gasteiger partial charge on any atom is 0.338 e. The SMILES string of the molecule is CC(C)=CCC[C@@H](CF)OC(=O)c1ccccc1. The lowest BCUT2D eigenvalue weighted by atomic mass is 10.1. The molecular formula is C15H19FO2. The highest BCUT2D eigenvalue weighted by Crippen LogP contribution is 2.10. The standard InChI is InChI=1S/C15H19FO2/c1-12(2)7-6-10-14(11-16)18-15(17)13-8-4-3-5-9-13/h3-5,7-9,14H,6,10-11H2,1-2H3/t14-/m0/s1. The molecule has 0 bridgehead atoms. The summed E-state index contributed by atoms with van der Waals surface area (Å²) in [6.07, 6.45) is 2.59. The highest BCUT2D eigenvalue weighted by atomic mass is 19.1. The summed E-state index contributed by atoms with van der Waals surface area (Å²) in [6.45, 7) is 3.33. The fourth-order valence-electron chi connectivity index (χ4n) is 1.52. The van der Waals surface area contributed by atoms with E-state index in [1.54, 1.807) is 24.3 Å². The van der Waals surface area contributed by atoms with Crippen LogP contribution in [-0.4, -0.2) is 18.7 Å². The molecule has 0 saturated heterocycles. The second-order valence-electron chi connectivity index (χ2n) is 4.41. The van der Waals surface area contributed by atoms with Gasteiger partial charge < -0.3 is 4.74 Å². The van der Waals surface area contributed by atoms with E-state index in [1.165, 1.54) is 5.57 Å². The summed E-state index contributed by atoms with van der Waals surface area (Å²) in [5.74, 6) is -0.463. The molecule has 0 aliphatic heterocycles. The topological polar surface area (TPSA) is 26.3 Å². The van der Waals surface area contributed by atoms with Crippen molar-refractivity contribution in [1.29, 1.82) is 0 Å². The summed E-state index contributed by atoms with van der Waals surface area (Å²) in [6, 6.07) is 8.65. The fourth-order valence-corrected chi connectivity index (χ4v) is 1.52. The number of esters is 1. The van der Waals surface area contributed by atoms with Gasteiger partial charge >= 0.3 is 5.97 Å². The van der Waals surface area contributed by atoms with Crippen LogP contribution in [0.2, 0.25) is 0 Å². The zero-order valence-corrected chi connectivity index (χ0v) is 10.9. The molecule has 0 fully saturated rings. The van der Waals surface area contributed by atoms with Crippen LogP contribution in [0.5, 0.6) is 0 Å². The first-order valence-corrected chi connectivity index (χ1v) is 6.09. The number of hydrogen-bond donors (Lipinski definition) is 0. The Kier molecular flexibility index (Phi) is 6.12. The van der Waals surface area contributed by atoms with E-state index in [0.29, 0.717) is 12.0 Å². The lowest BCUT2D eigenvalue weighted by Crippen LogP contribution is -2.20. The van der Waals surface area contributed by atoms with Gasteiger partial charge in [-0.2, -0.15) is 0 Å². The van der Waals surface area contributed by atoms with Crippen LogP contribution in [0.3, 0.4) is 0 Å². The molecule has 1 atom stereocenters. The Bertz CT molecular complexity index is 394. The van der Waals surface area contributed by atoms with Crippen molar-refractivity contribution in [2.45, 2.75) is 32.8 Å². The van der Waals surface area contributed by atoms with Crippen LogP contribution >= 0.6 is 0 Å². The van der Waals surface area contributed by atoms with Crippen molar-refractivity contribution >= 4 is 5.97 Å². The highest BCUT2D eigenvalue weighted by Gasteiger charge is 2.14. The van der Waals surface area contributed by atoms with Crippen LogP contribution in [0.25, 0.3) is 0 Å². The van der Waals surface area contributed by atoms with Crippen molar-refractivity contribution in [2.24, 2.45) is 0 Å². The first kappa shape index (κ1) is 14.4. The second kappa shape index (κ2) is 7.64. The lowest BCUT2D eigenvalue weighted by Gasteiger charge is -2.13. The molecular weight excluding hydrogens is 231 g/mol. The minimum absolute atomic E-state index is 0.457. The fraction of sp³-hybridized carbons (Fsp3) is 0.400. The van der Waals surface area contributed by atoms with Crippen molar-refractivity contribution in [3.8, 4) is 0 Å². The van der Waals surface area contributed by atoms with E-state index in [0.717, 1.165) is 6.42 Å². The van der Waals surface area contributed by atoms with Gasteiger partial charge in [0.2, 0.25) is 0 Å². The molecule has 0 saturated carbocycles. The Morgan fingerprint density at radius 3 is 2.56 bits per heavy atom. The number of benzene rings is 1. The molecule has 0 aliphatic rings. The van der Waals surface area contributed by atoms with Crippen LogP contribution in [0.4, 0.5) is 4.39 Å². The number of hydrogen-bond acceptors (Lipinski definition) is 2. The molecule has 3 heteroatoms. The third kappa shape index (κ3) is 5.13. The van der Waals surface area contributed by atoms with Crippen LogP contribution in [0, 0.1) is 0 Å². The van der Waals surface area contributed by atoms with Gasteiger partial charge in [0, 0.05) is 0 Å². The van der Waals surface area contributed by atoms with Crippen molar-refractivity contribution in [1.82, 2.24) is 0 Å². The number of halogens is 1. The molecule has 2 nitrogen and oxygen atoms in total. The average Bonchev–Trinajstić information content (AvgIpc) is 2.38. The zero-order valence-electron chi connectivity index (χ0n) is 10.9. The molecule has 1 rings (SSSR count). The Balaban J connectivity index is 2.48. The lowest BCUT2D eigenvalue weighted by molar-refractivity contribution is 0.0221. The molecule has 0 amide bonds. The molecule has 1 aromatic carbocycles. The third-order valence-electron chi connectivity index (χ3n) is 2.50. The van der Waals surface area contributed by atoms with Gasteiger partial charge in [-0.1, -0.05) is 29.8 Å². The minimum Gasteiger partial charge on any atom is -0.456 e. The summed E-state index contributed by atoms with van der Waals surface area (Å²) in [5.41, 5.74) is 1.64. The normalized spacial score (nSPS) is 11.7. The van der Waals surface area contributed by atoms with E-state index in [2.05, 4.69) is 0 Å². The number of carbonyl (C=O) groups excluding carboxylic acids is 1. The molecule has 1 aromatic rings. The number of allylic oxidation sites excluding steroid dienone is 2. The van der Waals surface area contributed by atoms with E-state index in [9.17, 15) is 9.18 Å². The Labute approximate surface area is 107 Å². The van der Waals surface area contributed by atoms with Gasteiger partial charge in [0.1, 0.15) is 12.8 Å². The van der Waals surface area contributed by atoms with E-state index in [4.69, 9.17) is 4.74 Å². The van der Waals surface area contributed by atoms with Crippen molar-refractivity contribution < 1.29 is 13.9 Å². The minimum atomic E-state index is -0.659. The number of alkyl halides is 1. The second-order valence-corrected chi connectivity index (χ2v) is 4.41. The van der Waals surface area contributed by atoms with Gasteiger partial charge in [-0.3, -0.25) is 0 Å². The number of ether oxygens (including phenoxy) is 1. The summed E-state index contributed by atoms with van der Waals surface area (Å²) >= 11 is 0. The summed E-state index contributed by atoms with van der Waals surface area (Å²) < 4.78 is 17.9. The Morgan fingerprint density at radius 2 is 2.00 bits per heavy atom. The molecule has 18 heavy (non-hydrogen) atoms. The average molecular weight is 250 g/mol. The first-order valence-electron chi connectivity index (χ1n) is 6.09. The van der Waals surface area contributed by atoms with Crippen molar-refractivity contribution in [2.75, 3.05) is 6.67 Å². The Hall–Kier alpha value is -1.64. The van der Waals surface area contributed by atoms with E-state index in [1.807, 2.05) is 26.0 Å². The smallest absolute Gasteiger partial charge is 0.338 e. The van der Waals surface area contributed by atoms with Crippen molar-refractivity contribution in [3.63, 3.8) is 0 Å². The van der Waals surface area contributed by atoms with Gasteiger partial charge in [-0.15, -0.1) is 0 Å². The van der Waals surface area contributed by atoms with Gasteiger partial charge in [-0.05, 0) is 38.8 Å². The summed E-state index contributed by atoms with van der Waals surface area (Å²) in [5, 5.41) is 0. The molecule has 0 N–H and O–H groups in total.